The zero-order valence-electron chi connectivity index (χ0n) is 15.4. The molecule has 0 aliphatic heterocycles. The first kappa shape index (κ1) is 19.1. The Kier molecular flexibility index (Phi) is 6.60. The molecule has 0 aliphatic carbocycles. The molecular formula is C22H22BrNO3. The van der Waals surface area contributed by atoms with Crippen LogP contribution in [0.5, 0.6) is 17.2 Å². The molecule has 0 aromatic heterocycles. The Hall–Kier alpha value is -2.66. The maximum Gasteiger partial charge on any atom is 0.166 e. The van der Waals surface area contributed by atoms with Crippen LogP contribution in [0.25, 0.3) is 0 Å². The fraction of sp³-hybridized carbons (Fsp3) is 0.182. The molecule has 0 spiro atoms. The van der Waals surface area contributed by atoms with Crippen molar-refractivity contribution in [3.05, 3.63) is 82.3 Å². The van der Waals surface area contributed by atoms with Crippen molar-refractivity contribution in [3.63, 3.8) is 0 Å². The highest BCUT2D eigenvalue weighted by Gasteiger charge is 2.12. The fourth-order valence-corrected chi connectivity index (χ4v) is 3.10. The standard InChI is InChI=1S/C22H22BrNO3/c1-25-19-12-10-18(11-13-19)24-14-16-7-5-9-21(26-2)22(16)27-15-17-6-3-4-8-20(17)23/h3-13,24H,14-15H2,1-2H3. The van der Waals surface area contributed by atoms with E-state index in [4.69, 9.17) is 14.2 Å². The molecule has 0 atom stereocenters. The molecule has 0 radical (unpaired) electrons. The average molecular weight is 428 g/mol. The predicted octanol–water partition coefficient (Wildman–Crippen LogP) is 5.66. The van der Waals surface area contributed by atoms with Crippen LogP contribution < -0.4 is 19.5 Å². The summed E-state index contributed by atoms with van der Waals surface area (Å²) in [6, 6.07) is 21.8. The number of para-hydroxylation sites is 1. The van der Waals surface area contributed by atoms with E-state index in [0.29, 0.717) is 13.2 Å². The van der Waals surface area contributed by atoms with Crippen LogP contribution in [0.4, 0.5) is 5.69 Å². The van der Waals surface area contributed by atoms with Gasteiger partial charge in [-0.2, -0.15) is 0 Å². The summed E-state index contributed by atoms with van der Waals surface area (Å²) in [4.78, 5) is 0. The Bertz CT molecular complexity index is 881. The highest BCUT2D eigenvalue weighted by atomic mass is 79.9. The predicted molar refractivity (Wildman–Crippen MR) is 112 cm³/mol. The van der Waals surface area contributed by atoms with Gasteiger partial charge >= 0.3 is 0 Å². The van der Waals surface area contributed by atoms with E-state index in [9.17, 15) is 0 Å². The molecule has 0 saturated carbocycles. The molecule has 140 valence electrons. The van der Waals surface area contributed by atoms with Crippen molar-refractivity contribution < 1.29 is 14.2 Å². The minimum atomic E-state index is 0.456. The number of hydrogen-bond acceptors (Lipinski definition) is 4. The van der Waals surface area contributed by atoms with Gasteiger partial charge in [-0.05, 0) is 36.4 Å². The molecule has 1 N–H and O–H groups in total. The molecule has 0 unspecified atom stereocenters. The highest BCUT2D eigenvalue weighted by molar-refractivity contribution is 9.10. The minimum Gasteiger partial charge on any atom is -0.497 e. The van der Waals surface area contributed by atoms with Crippen LogP contribution in [0.2, 0.25) is 0 Å². The smallest absolute Gasteiger partial charge is 0.166 e. The zero-order valence-corrected chi connectivity index (χ0v) is 17.0. The molecule has 0 saturated heterocycles. The average Bonchev–Trinajstić information content (AvgIpc) is 2.72. The van der Waals surface area contributed by atoms with Crippen molar-refractivity contribution in [1.29, 1.82) is 0 Å². The summed E-state index contributed by atoms with van der Waals surface area (Å²) >= 11 is 3.56. The lowest BCUT2D eigenvalue weighted by Crippen LogP contribution is -2.05. The summed E-state index contributed by atoms with van der Waals surface area (Å²) in [5.74, 6) is 2.30. The normalized spacial score (nSPS) is 10.3. The highest BCUT2D eigenvalue weighted by Crippen LogP contribution is 2.33. The monoisotopic (exact) mass is 427 g/mol. The van der Waals surface area contributed by atoms with Crippen LogP contribution in [-0.4, -0.2) is 14.2 Å². The Morgan fingerprint density at radius 2 is 1.56 bits per heavy atom. The van der Waals surface area contributed by atoms with E-state index in [-0.39, 0.29) is 0 Å². The van der Waals surface area contributed by atoms with E-state index in [2.05, 4.69) is 21.2 Å². The molecule has 0 bridgehead atoms. The summed E-state index contributed by atoms with van der Waals surface area (Å²) in [7, 11) is 3.31. The van der Waals surface area contributed by atoms with E-state index in [0.717, 1.165) is 38.5 Å². The van der Waals surface area contributed by atoms with Gasteiger partial charge in [0.15, 0.2) is 11.5 Å². The summed E-state index contributed by atoms with van der Waals surface area (Å²) < 4.78 is 17.9. The molecule has 0 amide bonds. The maximum absolute atomic E-state index is 6.14. The molecule has 27 heavy (non-hydrogen) atoms. The Morgan fingerprint density at radius 3 is 2.26 bits per heavy atom. The molecule has 3 rings (SSSR count). The van der Waals surface area contributed by atoms with Crippen LogP contribution in [0, 0.1) is 0 Å². The number of hydrogen-bond donors (Lipinski definition) is 1. The van der Waals surface area contributed by atoms with Crippen LogP contribution >= 0.6 is 15.9 Å². The Labute approximate surface area is 168 Å². The zero-order chi connectivity index (χ0) is 19.1. The third-order valence-corrected chi connectivity index (χ3v) is 4.96. The van der Waals surface area contributed by atoms with E-state index in [1.807, 2.05) is 66.7 Å². The lowest BCUT2D eigenvalue weighted by Gasteiger charge is -2.16. The summed E-state index contributed by atoms with van der Waals surface area (Å²) in [6.07, 6.45) is 0. The lowest BCUT2D eigenvalue weighted by atomic mass is 10.1. The second-order valence-electron chi connectivity index (χ2n) is 5.91. The van der Waals surface area contributed by atoms with E-state index in [1.54, 1.807) is 14.2 Å². The molecule has 3 aromatic rings. The number of ether oxygens (including phenoxy) is 3. The van der Waals surface area contributed by atoms with E-state index < -0.39 is 0 Å². The molecule has 0 heterocycles. The maximum atomic E-state index is 6.14. The molecule has 3 aromatic carbocycles. The van der Waals surface area contributed by atoms with E-state index >= 15 is 0 Å². The number of anilines is 1. The first-order valence-electron chi connectivity index (χ1n) is 8.61. The molecule has 4 nitrogen and oxygen atoms in total. The first-order valence-corrected chi connectivity index (χ1v) is 9.40. The summed E-state index contributed by atoms with van der Waals surface area (Å²) in [6.45, 7) is 1.08. The van der Waals surface area contributed by atoms with Crippen molar-refractivity contribution in [3.8, 4) is 17.2 Å². The molecule has 5 heteroatoms. The first-order chi connectivity index (χ1) is 13.2. The molecule has 0 aliphatic rings. The van der Waals surface area contributed by atoms with Crippen molar-refractivity contribution in [2.24, 2.45) is 0 Å². The van der Waals surface area contributed by atoms with Gasteiger partial charge in [0.05, 0.1) is 14.2 Å². The Balaban J connectivity index is 1.75. The second-order valence-corrected chi connectivity index (χ2v) is 6.76. The van der Waals surface area contributed by atoms with Crippen molar-refractivity contribution in [1.82, 2.24) is 0 Å². The lowest BCUT2D eigenvalue weighted by molar-refractivity contribution is 0.281. The van der Waals surface area contributed by atoms with Crippen LogP contribution in [0.1, 0.15) is 11.1 Å². The third-order valence-electron chi connectivity index (χ3n) is 4.18. The van der Waals surface area contributed by atoms with Gasteiger partial charge in [0.25, 0.3) is 0 Å². The van der Waals surface area contributed by atoms with Gasteiger partial charge in [-0.3, -0.25) is 0 Å². The number of halogens is 1. The van der Waals surface area contributed by atoms with Crippen molar-refractivity contribution in [2.75, 3.05) is 19.5 Å². The minimum absolute atomic E-state index is 0.456. The van der Waals surface area contributed by atoms with Gasteiger partial charge in [0, 0.05) is 27.8 Å². The van der Waals surface area contributed by atoms with Crippen LogP contribution in [0.3, 0.4) is 0 Å². The van der Waals surface area contributed by atoms with Crippen molar-refractivity contribution >= 4 is 21.6 Å². The van der Waals surface area contributed by atoms with Crippen LogP contribution in [0.15, 0.2) is 71.2 Å². The SMILES string of the molecule is COc1ccc(NCc2cccc(OC)c2OCc2ccccc2Br)cc1. The summed E-state index contributed by atoms with van der Waals surface area (Å²) in [5.41, 5.74) is 3.12. The number of methoxy groups -OCH3 is 2. The summed E-state index contributed by atoms with van der Waals surface area (Å²) in [5, 5.41) is 3.41. The van der Waals surface area contributed by atoms with E-state index in [1.165, 1.54) is 0 Å². The van der Waals surface area contributed by atoms with Gasteiger partial charge in [0.1, 0.15) is 12.4 Å². The second kappa shape index (κ2) is 9.33. The Morgan fingerprint density at radius 1 is 0.815 bits per heavy atom. The molecule has 0 fully saturated rings. The number of nitrogens with one attached hydrogen (secondary N) is 1. The van der Waals surface area contributed by atoms with Gasteiger partial charge in [0.2, 0.25) is 0 Å². The van der Waals surface area contributed by atoms with Gasteiger partial charge in [-0.25, -0.2) is 0 Å². The van der Waals surface area contributed by atoms with Gasteiger partial charge in [-0.15, -0.1) is 0 Å². The van der Waals surface area contributed by atoms with Crippen LogP contribution in [-0.2, 0) is 13.2 Å². The topological polar surface area (TPSA) is 39.7 Å². The van der Waals surface area contributed by atoms with Gasteiger partial charge < -0.3 is 19.5 Å². The quantitative estimate of drug-likeness (QED) is 0.503. The number of rotatable bonds is 8. The fourth-order valence-electron chi connectivity index (χ4n) is 2.70. The largest absolute Gasteiger partial charge is 0.497 e. The van der Waals surface area contributed by atoms with Gasteiger partial charge in [-0.1, -0.05) is 46.3 Å². The third kappa shape index (κ3) is 4.95. The van der Waals surface area contributed by atoms with Crippen molar-refractivity contribution in [2.45, 2.75) is 13.2 Å². The molecular weight excluding hydrogens is 406 g/mol. The number of benzene rings is 3.